The fraction of sp³-hybridized carbons (Fsp3) is 0.667. The van der Waals surface area contributed by atoms with Crippen molar-refractivity contribution in [1.29, 1.82) is 0 Å². The molecule has 2 rings (SSSR count). The van der Waals surface area contributed by atoms with E-state index in [0.29, 0.717) is 5.41 Å². The van der Waals surface area contributed by atoms with Crippen molar-refractivity contribution in [2.45, 2.75) is 25.8 Å². The van der Waals surface area contributed by atoms with Gasteiger partial charge in [-0.25, -0.2) is 0 Å². The van der Waals surface area contributed by atoms with Gasteiger partial charge in [-0.1, -0.05) is 6.42 Å². The highest BCUT2D eigenvalue weighted by Crippen LogP contribution is 2.39. The van der Waals surface area contributed by atoms with E-state index >= 15 is 0 Å². The summed E-state index contributed by atoms with van der Waals surface area (Å²) in [4.78, 5) is 3.21. The van der Waals surface area contributed by atoms with Crippen LogP contribution in [-0.4, -0.2) is 25.1 Å². The summed E-state index contributed by atoms with van der Waals surface area (Å²) in [7, 11) is 2.05. The number of aromatic nitrogens is 1. The summed E-state index contributed by atoms with van der Waals surface area (Å²) in [5, 5.41) is 6.85. The number of rotatable bonds is 6. The number of H-pyrrole nitrogens is 1. The van der Waals surface area contributed by atoms with E-state index in [1.54, 1.807) is 0 Å². The lowest BCUT2D eigenvalue weighted by Crippen LogP contribution is -2.46. The van der Waals surface area contributed by atoms with Crippen molar-refractivity contribution in [1.82, 2.24) is 15.6 Å². The Balaban J connectivity index is 1.72. The summed E-state index contributed by atoms with van der Waals surface area (Å²) in [5.41, 5.74) is 1.80. The van der Waals surface area contributed by atoms with Gasteiger partial charge in [-0.15, -0.1) is 0 Å². The van der Waals surface area contributed by atoms with Gasteiger partial charge in [0.25, 0.3) is 0 Å². The van der Waals surface area contributed by atoms with Crippen LogP contribution in [0, 0.1) is 5.41 Å². The quantitative estimate of drug-likeness (QED) is 0.661. The third-order valence-electron chi connectivity index (χ3n) is 3.44. The molecule has 3 N–H and O–H groups in total. The summed E-state index contributed by atoms with van der Waals surface area (Å²) < 4.78 is 0. The van der Waals surface area contributed by atoms with Crippen molar-refractivity contribution < 1.29 is 0 Å². The Morgan fingerprint density at radius 2 is 2.27 bits per heavy atom. The maximum Gasteiger partial charge on any atom is 0.0357 e. The van der Waals surface area contributed by atoms with Gasteiger partial charge >= 0.3 is 0 Å². The maximum absolute atomic E-state index is 3.54. The normalized spacial score (nSPS) is 18.7. The van der Waals surface area contributed by atoms with Gasteiger partial charge in [0.05, 0.1) is 0 Å². The number of nitrogens with one attached hydrogen (secondary N) is 3. The molecule has 1 heterocycles. The molecular weight excluding hydrogens is 186 g/mol. The van der Waals surface area contributed by atoms with E-state index < -0.39 is 0 Å². The minimum Gasteiger partial charge on any atom is -0.364 e. The zero-order valence-electron chi connectivity index (χ0n) is 9.47. The average Bonchev–Trinajstić information content (AvgIpc) is 2.67. The van der Waals surface area contributed by atoms with E-state index in [-0.39, 0.29) is 0 Å². The van der Waals surface area contributed by atoms with Gasteiger partial charge in [-0.05, 0) is 37.4 Å². The highest BCUT2D eigenvalue weighted by Gasteiger charge is 2.35. The van der Waals surface area contributed by atoms with Crippen LogP contribution in [0.3, 0.4) is 0 Å². The summed E-state index contributed by atoms with van der Waals surface area (Å²) in [6.45, 7) is 3.23. The first-order valence-corrected chi connectivity index (χ1v) is 5.82. The Morgan fingerprint density at radius 3 is 2.80 bits per heavy atom. The molecule has 84 valence electrons. The second-order valence-electron chi connectivity index (χ2n) is 4.68. The standard InChI is InChI=1S/C12H21N3/c1-13-9-12(5-3-6-12)10-14-8-11-4-2-7-15-11/h2,4,7,13-15H,3,5-6,8-10H2,1H3. The van der Waals surface area contributed by atoms with Gasteiger partial charge < -0.3 is 15.6 Å². The first kappa shape index (κ1) is 10.7. The molecule has 3 heteroatoms. The molecule has 1 aromatic heterocycles. The van der Waals surface area contributed by atoms with Crippen LogP contribution >= 0.6 is 0 Å². The molecule has 0 atom stereocenters. The van der Waals surface area contributed by atoms with Crippen molar-refractivity contribution in [2.75, 3.05) is 20.1 Å². The molecule has 15 heavy (non-hydrogen) atoms. The number of hydrogen-bond acceptors (Lipinski definition) is 2. The number of aromatic amines is 1. The first-order valence-electron chi connectivity index (χ1n) is 5.82. The molecule has 1 saturated carbocycles. The van der Waals surface area contributed by atoms with Crippen molar-refractivity contribution in [3.05, 3.63) is 24.0 Å². The molecule has 0 saturated heterocycles. The average molecular weight is 207 g/mol. The van der Waals surface area contributed by atoms with Crippen LogP contribution in [0.2, 0.25) is 0 Å². The second kappa shape index (κ2) is 4.81. The Kier molecular flexibility index (Phi) is 3.44. The lowest BCUT2D eigenvalue weighted by atomic mass is 9.68. The summed E-state index contributed by atoms with van der Waals surface area (Å²) in [6.07, 6.45) is 6.10. The van der Waals surface area contributed by atoms with E-state index in [0.717, 1.165) is 19.6 Å². The Labute approximate surface area is 91.7 Å². The van der Waals surface area contributed by atoms with Gasteiger partial charge in [-0.2, -0.15) is 0 Å². The van der Waals surface area contributed by atoms with Crippen LogP contribution in [-0.2, 0) is 6.54 Å². The van der Waals surface area contributed by atoms with Gasteiger partial charge in [0, 0.05) is 31.5 Å². The fourth-order valence-electron chi connectivity index (χ4n) is 2.41. The Hall–Kier alpha value is -0.800. The zero-order valence-corrected chi connectivity index (χ0v) is 9.47. The third kappa shape index (κ3) is 2.61. The predicted octanol–water partition coefficient (Wildman–Crippen LogP) is 1.49. The monoisotopic (exact) mass is 207 g/mol. The van der Waals surface area contributed by atoms with Crippen molar-refractivity contribution in [3.63, 3.8) is 0 Å². The van der Waals surface area contributed by atoms with E-state index in [1.165, 1.54) is 25.0 Å². The van der Waals surface area contributed by atoms with Gasteiger partial charge in [-0.3, -0.25) is 0 Å². The Bertz CT molecular complexity index is 275. The molecule has 1 aliphatic rings. The Morgan fingerprint density at radius 1 is 1.40 bits per heavy atom. The first-order chi connectivity index (χ1) is 7.35. The highest BCUT2D eigenvalue weighted by molar-refractivity contribution is 5.03. The van der Waals surface area contributed by atoms with Gasteiger partial charge in [0.2, 0.25) is 0 Å². The van der Waals surface area contributed by atoms with Crippen molar-refractivity contribution >= 4 is 0 Å². The minimum absolute atomic E-state index is 0.529. The molecule has 0 spiro atoms. The summed E-state index contributed by atoms with van der Waals surface area (Å²) >= 11 is 0. The maximum atomic E-state index is 3.54. The second-order valence-corrected chi connectivity index (χ2v) is 4.68. The van der Waals surface area contributed by atoms with Crippen LogP contribution in [0.25, 0.3) is 0 Å². The summed E-state index contributed by atoms with van der Waals surface area (Å²) in [5.74, 6) is 0. The fourth-order valence-corrected chi connectivity index (χ4v) is 2.41. The van der Waals surface area contributed by atoms with Gasteiger partial charge in [0.15, 0.2) is 0 Å². The van der Waals surface area contributed by atoms with E-state index in [1.807, 2.05) is 19.3 Å². The van der Waals surface area contributed by atoms with Crippen LogP contribution < -0.4 is 10.6 Å². The molecule has 0 aliphatic heterocycles. The molecule has 0 bridgehead atoms. The molecule has 1 aliphatic carbocycles. The minimum atomic E-state index is 0.529. The van der Waals surface area contributed by atoms with Crippen LogP contribution in [0.5, 0.6) is 0 Å². The van der Waals surface area contributed by atoms with E-state index in [2.05, 4.69) is 21.7 Å². The molecule has 1 fully saturated rings. The lowest BCUT2D eigenvalue weighted by molar-refractivity contribution is 0.130. The molecule has 0 amide bonds. The molecule has 1 aromatic rings. The van der Waals surface area contributed by atoms with Crippen molar-refractivity contribution in [3.8, 4) is 0 Å². The summed E-state index contributed by atoms with van der Waals surface area (Å²) in [6, 6.07) is 4.17. The van der Waals surface area contributed by atoms with E-state index in [9.17, 15) is 0 Å². The molecule has 3 nitrogen and oxygen atoms in total. The zero-order chi connectivity index (χ0) is 10.6. The molecule has 0 radical (unpaired) electrons. The van der Waals surface area contributed by atoms with E-state index in [4.69, 9.17) is 0 Å². The SMILES string of the molecule is CNCC1(CNCc2ccc[nH]2)CCC1. The molecule has 0 aromatic carbocycles. The largest absolute Gasteiger partial charge is 0.364 e. The smallest absolute Gasteiger partial charge is 0.0357 e. The lowest BCUT2D eigenvalue weighted by Gasteiger charge is -2.42. The molecule has 0 unspecified atom stereocenters. The van der Waals surface area contributed by atoms with Crippen LogP contribution in [0.1, 0.15) is 25.0 Å². The molecular formula is C12H21N3. The third-order valence-corrected chi connectivity index (χ3v) is 3.44. The van der Waals surface area contributed by atoms with Gasteiger partial charge in [0.1, 0.15) is 0 Å². The topological polar surface area (TPSA) is 39.8 Å². The van der Waals surface area contributed by atoms with Crippen LogP contribution in [0.15, 0.2) is 18.3 Å². The van der Waals surface area contributed by atoms with Crippen molar-refractivity contribution in [2.24, 2.45) is 5.41 Å². The van der Waals surface area contributed by atoms with Crippen LogP contribution in [0.4, 0.5) is 0 Å². The predicted molar refractivity (Wildman–Crippen MR) is 62.7 cm³/mol. The number of hydrogen-bond donors (Lipinski definition) is 3. The highest BCUT2D eigenvalue weighted by atomic mass is 14.9.